The highest BCUT2D eigenvalue weighted by atomic mass is 32.2. The van der Waals surface area contributed by atoms with E-state index in [2.05, 4.69) is 5.32 Å². The van der Waals surface area contributed by atoms with Crippen molar-refractivity contribution in [2.45, 2.75) is 13.0 Å². The molecule has 110 valence electrons. The van der Waals surface area contributed by atoms with Gasteiger partial charge in [0.1, 0.15) is 0 Å². The fourth-order valence-corrected chi connectivity index (χ4v) is 4.25. The van der Waals surface area contributed by atoms with Crippen LogP contribution < -0.4 is 5.32 Å². The Morgan fingerprint density at radius 2 is 2.15 bits per heavy atom. The van der Waals surface area contributed by atoms with Crippen LogP contribution in [0.1, 0.15) is 22.3 Å². The molecule has 0 radical (unpaired) electrons. The number of carbonyl (C=O) groups is 1. The number of nitrogens with one attached hydrogen (secondary N) is 1. The molecular formula is C14H19NO4S. The predicted octanol–water partition coefficient (Wildman–Crippen LogP) is 0.998. The minimum absolute atomic E-state index is 0.0264. The Labute approximate surface area is 119 Å². The first-order valence-electron chi connectivity index (χ1n) is 6.57. The van der Waals surface area contributed by atoms with Crippen LogP contribution in [0.5, 0.6) is 0 Å². The Morgan fingerprint density at radius 1 is 1.40 bits per heavy atom. The number of amides is 1. The quantitative estimate of drug-likeness (QED) is 0.880. The van der Waals surface area contributed by atoms with Gasteiger partial charge in [-0.3, -0.25) is 4.79 Å². The fourth-order valence-electron chi connectivity index (χ4n) is 2.39. The summed E-state index contributed by atoms with van der Waals surface area (Å²) in [6.07, 6.45) is 0.627. The molecule has 2 rings (SSSR count). The van der Waals surface area contributed by atoms with Crippen molar-refractivity contribution in [1.29, 1.82) is 0 Å². The van der Waals surface area contributed by atoms with Crippen molar-refractivity contribution in [2.75, 3.05) is 25.2 Å². The van der Waals surface area contributed by atoms with E-state index in [4.69, 9.17) is 4.74 Å². The zero-order chi connectivity index (χ0) is 14.6. The van der Waals surface area contributed by atoms with Gasteiger partial charge in [-0.25, -0.2) is 8.42 Å². The van der Waals surface area contributed by atoms with E-state index >= 15 is 0 Å². The number of rotatable bonds is 5. The summed E-state index contributed by atoms with van der Waals surface area (Å²) < 4.78 is 27.8. The summed E-state index contributed by atoms with van der Waals surface area (Å²) in [6, 6.07) is 7.25. The second kappa shape index (κ2) is 6.37. The van der Waals surface area contributed by atoms with Crippen LogP contribution in [-0.4, -0.2) is 39.5 Å². The molecule has 1 fully saturated rings. The topological polar surface area (TPSA) is 72.5 Å². The molecule has 1 unspecified atom stereocenters. The van der Waals surface area contributed by atoms with Gasteiger partial charge in [-0.15, -0.1) is 0 Å². The summed E-state index contributed by atoms with van der Waals surface area (Å²) >= 11 is 0. The average Bonchev–Trinajstić information content (AvgIpc) is 2.77. The van der Waals surface area contributed by atoms with Crippen LogP contribution in [0, 0.1) is 5.92 Å². The molecule has 0 aromatic heterocycles. The van der Waals surface area contributed by atoms with Gasteiger partial charge < -0.3 is 10.1 Å². The number of sulfone groups is 1. The second-order valence-electron chi connectivity index (χ2n) is 5.07. The van der Waals surface area contributed by atoms with E-state index in [1.54, 1.807) is 19.2 Å². The zero-order valence-electron chi connectivity index (χ0n) is 11.5. The number of hydrogen-bond donors (Lipinski definition) is 1. The van der Waals surface area contributed by atoms with Crippen molar-refractivity contribution >= 4 is 15.7 Å². The van der Waals surface area contributed by atoms with E-state index in [9.17, 15) is 13.2 Å². The maximum Gasteiger partial charge on any atom is 0.251 e. The minimum atomic E-state index is -2.90. The van der Waals surface area contributed by atoms with Gasteiger partial charge in [-0.05, 0) is 24.0 Å². The summed E-state index contributed by atoms with van der Waals surface area (Å²) in [4.78, 5) is 12.1. The molecule has 0 saturated carbocycles. The van der Waals surface area contributed by atoms with Crippen LogP contribution in [0.25, 0.3) is 0 Å². The molecule has 0 bridgehead atoms. The third kappa shape index (κ3) is 3.80. The van der Waals surface area contributed by atoms with Gasteiger partial charge in [0.05, 0.1) is 18.1 Å². The lowest BCUT2D eigenvalue weighted by Crippen LogP contribution is -2.30. The summed E-state index contributed by atoms with van der Waals surface area (Å²) in [6.45, 7) is 0.779. The highest BCUT2D eigenvalue weighted by Gasteiger charge is 2.28. The van der Waals surface area contributed by atoms with E-state index in [1.807, 2.05) is 12.1 Å². The Kier molecular flexibility index (Phi) is 4.77. The first kappa shape index (κ1) is 15.0. The molecule has 1 aliphatic rings. The summed E-state index contributed by atoms with van der Waals surface area (Å²) in [5.41, 5.74) is 1.40. The van der Waals surface area contributed by atoms with E-state index in [0.29, 0.717) is 25.1 Å². The van der Waals surface area contributed by atoms with Crippen LogP contribution in [0.15, 0.2) is 24.3 Å². The summed E-state index contributed by atoms with van der Waals surface area (Å²) in [5, 5.41) is 2.82. The van der Waals surface area contributed by atoms with Crippen LogP contribution >= 0.6 is 0 Å². The molecule has 1 atom stereocenters. The van der Waals surface area contributed by atoms with Gasteiger partial charge in [0.25, 0.3) is 5.91 Å². The first-order chi connectivity index (χ1) is 9.52. The van der Waals surface area contributed by atoms with Crippen molar-refractivity contribution in [3.63, 3.8) is 0 Å². The van der Waals surface area contributed by atoms with Gasteiger partial charge in [0, 0.05) is 19.2 Å². The number of hydrogen-bond acceptors (Lipinski definition) is 4. The highest BCUT2D eigenvalue weighted by Crippen LogP contribution is 2.17. The largest absolute Gasteiger partial charge is 0.380 e. The first-order valence-corrected chi connectivity index (χ1v) is 8.39. The fraction of sp³-hybridized carbons (Fsp3) is 0.500. The molecule has 1 heterocycles. The molecule has 5 nitrogen and oxygen atoms in total. The number of benzene rings is 1. The maximum atomic E-state index is 12.1. The van der Waals surface area contributed by atoms with Gasteiger partial charge in [-0.2, -0.15) is 0 Å². The van der Waals surface area contributed by atoms with Crippen LogP contribution in [0.3, 0.4) is 0 Å². The Bertz CT molecular complexity index is 583. The monoisotopic (exact) mass is 297 g/mol. The van der Waals surface area contributed by atoms with Gasteiger partial charge in [-0.1, -0.05) is 18.2 Å². The van der Waals surface area contributed by atoms with Crippen LogP contribution in [0.4, 0.5) is 0 Å². The highest BCUT2D eigenvalue weighted by molar-refractivity contribution is 7.91. The molecule has 1 aromatic rings. The lowest BCUT2D eigenvalue weighted by atomic mass is 10.1. The van der Waals surface area contributed by atoms with E-state index in [1.165, 1.54) is 0 Å². The SMILES string of the molecule is COCc1ccccc1C(=O)NCC1CCS(=O)(=O)C1. The smallest absolute Gasteiger partial charge is 0.251 e. The van der Waals surface area contributed by atoms with Gasteiger partial charge >= 0.3 is 0 Å². The molecule has 1 amide bonds. The van der Waals surface area contributed by atoms with Crippen molar-refractivity contribution < 1.29 is 17.9 Å². The van der Waals surface area contributed by atoms with Crippen molar-refractivity contribution in [3.05, 3.63) is 35.4 Å². The Balaban J connectivity index is 1.95. The molecule has 1 aliphatic heterocycles. The lowest BCUT2D eigenvalue weighted by molar-refractivity contribution is 0.0943. The molecule has 20 heavy (non-hydrogen) atoms. The minimum Gasteiger partial charge on any atom is -0.380 e. The molecule has 1 aromatic carbocycles. The number of carbonyl (C=O) groups excluding carboxylic acids is 1. The van der Waals surface area contributed by atoms with Gasteiger partial charge in [0.2, 0.25) is 0 Å². The normalized spacial score (nSPS) is 20.8. The van der Waals surface area contributed by atoms with E-state index < -0.39 is 9.84 Å². The number of ether oxygens (including phenoxy) is 1. The van der Waals surface area contributed by atoms with Crippen LogP contribution in [0.2, 0.25) is 0 Å². The third-order valence-corrected chi connectivity index (χ3v) is 5.28. The predicted molar refractivity (Wildman–Crippen MR) is 76.2 cm³/mol. The van der Waals surface area contributed by atoms with Gasteiger partial charge in [0.15, 0.2) is 9.84 Å². The maximum absolute atomic E-state index is 12.1. The molecule has 0 aliphatic carbocycles. The molecule has 1 saturated heterocycles. The average molecular weight is 297 g/mol. The summed E-state index contributed by atoms with van der Waals surface area (Å²) in [7, 11) is -1.31. The number of methoxy groups -OCH3 is 1. The van der Waals surface area contributed by atoms with Crippen molar-refractivity contribution in [1.82, 2.24) is 5.32 Å². The molecule has 6 heteroatoms. The Hall–Kier alpha value is -1.40. The van der Waals surface area contributed by atoms with Crippen LogP contribution in [-0.2, 0) is 21.2 Å². The zero-order valence-corrected chi connectivity index (χ0v) is 12.3. The van der Waals surface area contributed by atoms with E-state index in [0.717, 1.165) is 5.56 Å². The van der Waals surface area contributed by atoms with Crippen molar-refractivity contribution in [3.8, 4) is 0 Å². The third-order valence-electron chi connectivity index (χ3n) is 3.44. The molecule has 0 spiro atoms. The molecule has 1 N–H and O–H groups in total. The lowest BCUT2D eigenvalue weighted by Gasteiger charge is -2.12. The summed E-state index contributed by atoms with van der Waals surface area (Å²) in [5.74, 6) is 0.251. The Morgan fingerprint density at radius 3 is 2.80 bits per heavy atom. The second-order valence-corrected chi connectivity index (χ2v) is 7.30. The standard InChI is InChI=1S/C14H19NO4S/c1-19-9-12-4-2-3-5-13(12)14(16)15-8-11-6-7-20(17,18)10-11/h2-5,11H,6-10H2,1H3,(H,15,16). The molecular weight excluding hydrogens is 278 g/mol. The van der Waals surface area contributed by atoms with Crippen molar-refractivity contribution in [2.24, 2.45) is 5.92 Å². The van der Waals surface area contributed by atoms with E-state index in [-0.39, 0.29) is 23.3 Å².